The first-order chi connectivity index (χ1) is 12.8. The molecule has 0 spiro atoms. The molecule has 0 saturated carbocycles. The first-order valence-corrected chi connectivity index (χ1v) is 9.71. The van der Waals surface area contributed by atoms with Crippen molar-refractivity contribution in [2.45, 2.75) is 43.6 Å². The van der Waals surface area contributed by atoms with E-state index in [0.29, 0.717) is 6.04 Å². The molecule has 1 atom stereocenters. The third kappa shape index (κ3) is 3.36. The Balaban J connectivity index is 1.59. The van der Waals surface area contributed by atoms with E-state index in [0.717, 1.165) is 51.2 Å². The summed E-state index contributed by atoms with van der Waals surface area (Å²) in [5.74, 6) is 0.985. The van der Waals surface area contributed by atoms with Crippen LogP contribution in [-0.2, 0) is 16.6 Å². The maximum atomic E-state index is 5.69. The Bertz CT molecular complexity index is 740. The van der Waals surface area contributed by atoms with Crippen LogP contribution in [0.15, 0.2) is 42.6 Å². The second-order valence-corrected chi connectivity index (χ2v) is 7.47. The maximum absolute atomic E-state index is 5.69. The number of ether oxygens (including phenoxy) is 2. The van der Waals surface area contributed by atoms with E-state index in [2.05, 4.69) is 40.6 Å². The highest BCUT2D eigenvalue weighted by Crippen LogP contribution is 2.40. The fraction of sp³-hybridized carbons (Fsp3) is 0.500. The van der Waals surface area contributed by atoms with Crippen molar-refractivity contribution >= 4 is 0 Å². The zero-order valence-corrected chi connectivity index (χ0v) is 15.5. The molecule has 4 nitrogen and oxygen atoms in total. The molecular weight excluding hydrogens is 324 g/mol. The standard InChI is InChI=1S/C22H28N2O2/c1-25-20-10-3-2-8-18(20)22(11-14-26-15-12-22)16-24-19-9-4-6-17-7-5-13-23-21(17)19/h2-3,5,7-8,10,13,19,24H,4,6,9,11-12,14-16H2,1H3. The van der Waals surface area contributed by atoms with Crippen LogP contribution in [-0.4, -0.2) is 31.9 Å². The largest absolute Gasteiger partial charge is 0.496 e. The number of benzene rings is 1. The van der Waals surface area contributed by atoms with E-state index in [1.54, 1.807) is 7.11 Å². The van der Waals surface area contributed by atoms with Crippen LogP contribution in [0.3, 0.4) is 0 Å². The quantitative estimate of drug-likeness (QED) is 0.889. The van der Waals surface area contributed by atoms with Crippen molar-refractivity contribution in [1.82, 2.24) is 10.3 Å². The van der Waals surface area contributed by atoms with Crippen LogP contribution < -0.4 is 10.1 Å². The monoisotopic (exact) mass is 352 g/mol. The normalized spacial score (nSPS) is 21.8. The van der Waals surface area contributed by atoms with Gasteiger partial charge in [0.25, 0.3) is 0 Å². The lowest BCUT2D eigenvalue weighted by Crippen LogP contribution is -2.44. The second-order valence-electron chi connectivity index (χ2n) is 7.47. The van der Waals surface area contributed by atoms with Crippen molar-refractivity contribution < 1.29 is 9.47 Å². The summed E-state index contributed by atoms with van der Waals surface area (Å²) in [5, 5.41) is 3.86. The minimum atomic E-state index is 0.0528. The molecule has 2 aliphatic rings. The van der Waals surface area contributed by atoms with Crippen molar-refractivity contribution in [3.05, 3.63) is 59.4 Å². The molecule has 4 rings (SSSR count). The number of hydrogen-bond acceptors (Lipinski definition) is 4. The van der Waals surface area contributed by atoms with E-state index < -0.39 is 0 Å². The molecule has 26 heavy (non-hydrogen) atoms. The van der Waals surface area contributed by atoms with Crippen LogP contribution in [0.1, 0.15) is 48.5 Å². The molecule has 1 N–H and O–H groups in total. The molecular formula is C22H28N2O2. The van der Waals surface area contributed by atoms with E-state index in [-0.39, 0.29) is 5.41 Å². The fourth-order valence-electron chi connectivity index (χ4n) is 4.51. The number of hydrogen-bond donors (Lipinski definition) is 1. The fourth-order valence-corrected chi connectivity index (χ4v) is 4.51. The number of fused-ring (bicyclic) bond motifs is 1. The van der Waals surface area contributed by atoms with Gasteiger partial charge >= 0.3 is 0 Å². The van der Waals surface area contributed by atoms with Gasteiger partial charge in [0.15, 0.2) is 0 Å². The van der Waals surface area contributed by atoms with Crippen molar-refractivity contribution in [2.75, 3.05) is 26.9 Å². The van der Waals surface area contributed by atoms with Crippen molar-refractivity contribution in [3.8, 4) is 5.75 Å². The summed E-state index contributed by atoms with van der Waals surface area (Å²) in [6.07, 6.45) is 7.48. The number of aromatic nitrogens is 1. The van der Waals surface area contributed by atoms with Crippen LogP contribution in [0.5, 0.6) is 5.75 Å². The van der Waals surface area contributed by atoms with Crippen LogP contribution in [0, 0.1) is 0 Å². The lowest BCUT2D eigenvalue weighted by Gasteiger charge is -2.40. The summed E-state index contributed by atoms with van der Waals surface area (Å²) >= 11 is 0. The van der Waals surface area contributed by atoms with Crippen molar-refractivity contribution in [3.63, 3.8) is 0 Å². The van der Waals surface area contributed by atoms with E-state index >= 15 is 0 Å². The average Bonchev–Trinajstić information content (AvgIpc) is 2.73. The highest BCUT2D eigenvalue weighted by atomic mass is 16.5. The number of aryl methyl sites for hydroxylation is 1. The highest BCUT2D eigenvalue weighted by molar-refractivity contribution is 5.40. The molecule has 1 unspecified atom stereocenters. The zero-order valence-electron chi connectivity index (χ0n) is 15.5. The van der Waals surface area contributed by atoms with Gasteiger partial charge in [-0.1, -0.05) is 24.3 Å². The van der Waals surface area contributed by atoms with Crippen LogP contribution in [0.25, 0.3) is 0 Å². The van der Waals surface area contributed by atoms with Gasteiger partial charge in [-0.25, -0.2) is 0 Å². The van der Waals surface area contributed by atoms with Crippen LogP contribution in [0.2, 0.25) is 0 Å². The molecule has 1 saturated heterocycles. The van der Waals surface area contributed by atoms with Crippen LogP contribution in [0.4, 0.5) is 0 Å². The van der Waals surface area contributed by atoms with E-state index in [1.165, 1.54) is 23.2 Å². The molecule has 1 aliphatic carbocycles. The molecule has 1 aromatic carbocycles. The second kappa shape index (κ2) is 7.77. The number of methoxy groups -OCH3 is 1. The SMILES string of the molecule is COc1ccccc1C1(CNC2CCCc3cccnc32)CCOCC1. The Hall–Kier alpha value is -1.91. The summed E-state index contributed by atoms with van der Waals surface area (Å²) < 4.78 is 11.4. The minimum absolute atomic E-state index is 0.0528. The van der Waals surface area contributed by atoms with E-state index in [1.807, 2.05) is 12.3 Å². The molecule has 0 bridgehead atoms. The summed E-state index contributed by atoms with van der Waals surface area (Å²) in [6, 6.07) is 13.1. The Morgan fingerprint density at radius 3 is 2.88 bits per heavy atom. The lowest BCUT2D eigenvalue weighted by molar-refractivity contribution is 0.0477. The third-order valence-corrected chi connectivity index (χ3v) is 6.01. The van der Waals surface area contributed by atoms with Gasteiger partial charge in [0, 0.05) is 43.0 Å². The first kappa shape index (κ1) is 17.5. The molecule has 138 valence electrons. The number of nitrogens with zero attached hydrogens (tertiary/aromatic N) is 1. The van der Waals surface area contributed by atoms with E-state index in [4.69, 9.17) is 9.47 Å². The topological polar surface area (TPSA) is 43.4 Å². The van der Waals surface area contributed by atoms with Gasteiger partial charge in [0.05, 0.1) is 12.8 Å². The Labute approximate surface area is 155 Å². The van der Waals surface area contributed by atoms with Gasteiger partial charge < -0.3 is 14.8 Å². The summed E-state index contributed by atoms with van der Waals surface area (Å²) in [7, 11) is 1.76. The Kier molecular flexibility index (Phi) is 5.23. The summed E-state index contributed by atoms with van der Waals surface area (Å²) in [4.78, 5) is 4.68. The van der Waals surface area contributed by atoms with Crippen molar-refractivity contribution in [1.29, 1.82) is 0 Å². The predicted octanol–water partition coefficient (Wildman–Crippen LogP) is 3.81. The van der Waals surface area contributed by atoms with E-state index in [9.17, 15) is 0 Å². The molecule has 0 amide bonds. The maximum Gasteiger partial charge on any atom is 0.122 e. The molecule has 2 aromatic rings. The Morgan fingerprint density at radius 1 is 1.19 bits per heavy atom. The van der Waals surface area contributed by atoms with Crippen LogP contribution >= 0.6 is 0 Å². The van der Waals surface area contributed by atoms with Crippen molar-refractivity contribution in [2.24, 2.45) is 0 Å². The lowest BCUT2D eigenvalue weighted by atomic mass is 9.73. The highest BCUT2D eigenvalue weighted by Gasteiger charge is 2.37. The van der Waals surface area contributed by atoms with Gasteiger partial charge in [-0.2, -0.15) is 0 Å². The zero-order chi connectivity index (χ0) is 17.8. The first-order valence-electron chi connectivity index (χ1n) is 9.71. The Morgan fingerprint density at radius 2 is 2.04 bits per heavy atom. The predicted molar refractivity (Wildman–Crippen MR) is 103 cm³/mol. The number of rotatable bonds is 5. The van der Waals surface area contributed by atoms with Gasteiger partial charge in [0.1, 0.15) is 5.75 Å². The number of nitrogens with one attached hydrogen (secondary N) is 1. The average molecular weight is 352 g/mol. The smallest absolute Gasteiger partial charge is 0.122 e. The third-order valence-electron chi connectivity index (χ3n) is 6.01. The minimum Gasteiger partial charge on any atom is -0.496 e. The van der Waals surface area contributed by atoms with Gasteiger partial charge in [0.2, 0.25) is 0 Å². The molecule has 2 heterocycles. The molecule has 4 heteroatoms. The number of pyridine rings is 1. The summed E-state index contributed by atoms with van der Waals surface area (Å²) in [5.41, 5.74) is 3.99. The van der Waals surface area contributed by atoms with Gasteiger partial charge in [-0.05, 0) is 49.8 Å². The molecule has 1 fully saturated rings. The van der Waals surface area contributed by atoms with Gasteiger partial charge in [-0.15, -0.1) is 0 Å². The number of para-hydroxylation sites is 1. The molecule has 0 radical (unpaired) electrons. The van der Waals surface area contributed by atoms with Gasteiger partial charge in [-0.3, -0.25) is 4.98 Å². The molecule has 1 aromatic heterocycles. The molecule has 1 aliphatic heterocycles. The summed E-state index contributed by atoms with van der Waals surface area (Å²) in [6.45, 7) is 2.54.